The highest BCUT2D eigenvalue weighted by Gasteiger charge is 2.37. The Balaban J connectivity index is 1.06. The van der Waals surface area contributed by atoms with Crippen molar-refractivity contribution in [2.24, 2.45) is 5.92 Å². The number of nitrogens with zero attached hydrogens (tertiary/aromatic N) is 3. The molecule has 3 fully saturated rings. The maximum Gasteiger partial charge on any atom is 0.247 e. The van der Waals surface area contributed by atoms with Crippen molar-refractivity contribution in [3.8, 4) is 11.5 Å². The summed E-state index contributed by atoms with van der Waals surface area (Å²) >= 11 is 6.06. The molecule has 1 saturated carbocycles. The first-order valence-corrected chi connectivity index (χ1v) is 12.9. The minimum Gasteiger partial charge on any atom is -0.420 e. The minimum atomic E-state index is -0.0170. The second kappa shape index (κ2) is 10.4. The van der Waals surface area contributed by atoms with Crippen molar-refractivity contribution >= 4 is 23.4 Å². The monoisotopic (exact) mass is 485 g/mol. The van der Waals surface area contributed by atoms with Gasteiger partial charge in [-0.25, -0.2) is 0 Å². The predicted octanol–water partition coefficient (Wildman–Crippen LogP) is 3.87. The van der Waals surface area contributed by atoms with Crippen molar-refractivity contribution in [1.82, 2.24) is 25.7 Å². The molecule has 0 bridgehead atoms. The van der Waals surface area contributed by atoms with Crippen LogP contribution in [0.1, 0.15) is 69.6 Å². The molecule has 0 radical (unpaired) electrons. The molecule has 8 nitrogen and oxygen atoms in total. The molecule has 3 aliphatic rings. The molecule has 5 rings (SSSR count). The molecule has 0 spiro atoms. The van der Waals surface area contributed by atoms with Crippen LogP contribution in [0.3, 0.4) is 0 Å². The summed E-state index contributed by atoms with van der Waals surface area (Å²) in [5.41, 5.74) is 0.807. The van der Waals surface area contributed by atoms with E-state index in [1.807, 2.05) is 29.2 Å². The van der Waals surface area contributed by atoms with E-state index in [2.05, 4.69) is 20.8 Å². The highest BCUT2D eigenvalue weighted by Crippen LogP contribution is 2.31. The third-order valence-electron chi connectivity index (χ3n) is 7.43. The Labute approximate surface area is 204 Å². The van der Waals surface area contributed by atoms with E-state index in [1.165, 1.54) is 6.42 Å². The molecular weight excluding hydrogens is 454 g/mol. The first-order valence-electron chi connectivity index (χ1n) is 12.5. The van der Waals surface area contributed by atoms with Crippen molar-refractivity contribution in [2.75, 3.05) is 13.1 Å². The number of hydrogen-bond acceptors (Lipinski definition) is 6. The van der Waals surface area contributed by atoms with Crippen molar-refractivity contribution in [2.45, 2.75) is 75.9 Å². The van der Waals surface area contributed by atoms with Gasteiger partial charge in [-0.05, 0) is 56.7 Å². The number of halogens is 1. The number of fused-ring (bicyclic) bond motifs is 1. The molecule has 2 aromatic rings. The fraction of sp³-hybridized carbons (Fsp3) is 0.600. The van der Waals surface area contributed by atoms with Crippen LogP contribution >= 0.6 is 11.6 Å². The Bertz CT molecular complexity index is 1020. The second-order valence-electron chi connectivity index (χ2n) is 9.73. The van der Waals surface area contributed by atoms with Gasteiger partial charge in [0.2, 0.25) is 23.6 Å². The van der Waals surface area contributed by atoms with Gasteiger partial charge in [-0.2, -0.15) is 0 Å². The van der Waals surface area contributed by atoms with E-state index in [4.69, 9.17) is 16.0 Å². The van der Waals surface area contributed by atoms with E-state index in [-0.39, 0.29) is 29.8 Å². The van der Waals surface area contributed by atoms with Gasteiger partial charge in [-0.3, -0.25) is 14.9 Å². The fourth-order valence-corrected chi connectivity index (χ4v) is 5.70. The van der Waals surface area contributed by atoms with Crippen LogP contribution in [0.4, 0.5) is 0 Å². The number of rotatable bonds is 6. The second-order valence-corrected chi connectivity index (χ2v) is 10.2. The number of carbonyl (C=O) groups is 2. The molecule has 3 heterocycles. The maximum atomic E-state index is 12.8. The Morgan fingerprint density at radius 1 is 1.15 bits per heavy atom. The molecular formula is C25H32ClN5O3. The molecule has 3 atom stereocenters. The van der Waals surface area contributed by atoms with Gasteiger partial charge in [0, 0.05) is 42.1 Å². The van der Waals surface area contributed by atoms with Gasteiger partial charge in [0.15, 0.2) is 0 Å². The normalized spacial score (nSPS) is 25.6. The molecule has 182 valence electrons. The molecule has 2 N–H and O–H groups in total. The lowest BCUT2D eigenvalue weighted by Crippen LogP contribution is -2.62. The van der Waals surface area contributed by atoms with Gasteiger partial charge in [-0.15, -0.1) is 10.2 Å². The number of nitrogens with one attached hydrogen (secondary N) is 2. The van der Waals surface area contributed by atoms with Crippen LogP contribution in [0.5, 0.6) is 0 Å². The summed E-state index contributed by atoms with van der Waals surface area (Å²) in [4.78, 5) is 27.1. The average Bonchev–Trinajstić information content (AvgIpc) is 3.35. The van der Waals surface area contributed by atoms with Crippen LogP contribution in [0.25, 0.3) is 11.5 Å². The van der Waals surface area contributed by atoms with E-state index >= 15 is 0 Å². The van der Waals surface area contributed by atoms with E-state index in [0.717, 1.165) is 50.5 Å². The Morgan fingerprint density at radius 2 is 1.97 bits per heavy atom. The standard InChI is InChI=1S/C25H32ClN5O3/c26-18-6-3-5-17(15-18)25-30-29-24(34-25)16-11-13-31(14-12-16)22(32)10-4-9-21-27-20-8-2-1-7-19(20)23(33)28-21/h3,5-6,15-16,19-21,27H,1-2,4,7-14H2,(H,28,33). The number of aromatic nitrogens is 2. The zero-order valence-electron chi connectivity index (χ0n) is 19.3. The Morgan fingerprint density at radius 3 is 2.79 bits per heavy atom. The van der Waals surface area contributed by atoms with Crippen molar-refractivity contribution in [3.05, 3.63) is 35.2 Å². The zero-order valence-corrected chi connectivity index (χ0v) is 20.1. The summed E-state index contributed by atoms with van der Waals surface area (Å²) in [7, 11) is 0. The largest absolute Gasteiger partial charge is 0.420 e. The summed E-state index contributed by atoms with van der Waals surface area (Å²) in [6.07, 6.45) is 8.04. The quantitative estimate of drug-likeness (QED) is 0.644. The van der Waals surface area contributed by atoms with E-state index in [9.17, 15) is 9.59 Å². The lowest BCUT2D eigenvalue weighted by molar-refractivity contribution is -0.132. The van der Waals surface area contributed by atoms with Crippen LogP contribution in [0.15, 0.2) is 28.7 Å². The number of hydrogen-bond donors (Lipinski definition) is 2. The SMILES string of the molecule is O=C1NC(CCCC(=O)N2CCC(c3nnc(-c4cccc(Cl)c4)o3)CC2)NC2CCCCC12. The zero-order chi connectivity index (χ0) is 23.5. The summed E-state index contributed by atoms with van der Waals surface area (Å²) in [5, 5.41) is 15.8. The molecule has 2 saturated heterocycles. The third-order valence-corrected chi connectivity index (χ3v) is 7.66. The van der Waals surface area contributed by atoms with Crippen LogP contribution < -0.4 is 10.6 Å². The van der Waals surface area contributed by atoms with Gasteiger partial charge in [-0.1, -0.05) is 30.5 Å². The lowest BCUT2D eigenvalue weighted by Gasteiger charge is -2.40. The highest BCUT2D eigenvalue weighted by molar-refractivity contribution is 6.30. The van der Waals surface area contributed by atoms with Gasteiger partial charge in [0.25, 0.3) is 0 Å². The minimum absolute atomic E-state index is 0.0170. The number of carbonyl (C=O) groups excluding carboxylic acids is 2. The first-order chi connectivity index (χ1) is 16.6. The number of amides is 2. The van der Waals surface area contributed by atoms with E-state index in [1.54, 1.807) is 0 Å². The van der Waals surface area contributed by atoms with E-state index < -0.39 is 0 Å². The van der Waals surface area contributed by atoms with E-state index in [0.29, 0.717) is 42.4 Å². The Hall–Kier alpha value is -2.45. The molecule has 2 aliphatic heterocycles. The van der Waals surface area contributed by atoms with Gasteiger partial charge >= 0.3 is 0 Å². The van der Waals surface area contributed by atoms with Gasteiger partial charge in [0.05, 0.1) is 12.1 Å². The van der Waals surface area contributed by atoms with Crippen LogP contribution in [0, 0.1) is 5.92 Å². The average molecular weight is 486 g/mol. The summed E-state index contributed by atoms with van der Waals surface area (Å²) < 4.78 is 5.91. The van der Waals surface area contributed by atoms with Crippen LogP contribution in [-0.2, 0) is 9.59 Å². The smallest absolute Gasteiger partial charge is 0.247 e. The molecule has 1 aromatic carbocycles. The Kier molecular flexibility index (Phi) is 7.15. The van der Waals surface area contributed by atoms with Gasteiger partial charge < -0.3 is 14.6 Å². The van der Waals surface area contributed by atoms with Crippen LogP contribution in [-0.4, -0.2) is 52.2 Å². The molecule has 2 amide bonds. The predicted molar refractivity (Wildman–Crippen MR) is 128 cm³/mol. The van der Waals surface area contributed by atoms with Crippen molar-refractivity contribution in [1.29, 1.82) is 0 Å². The fourth-order valence-electron chi connectivity index (χ4n) is 5.51. The summed E-state index contributed by atoms with van der Waals surface area (Å²) in [5.74, 6) is 1.74. The molecule has 1 aliphatic carbocycles. The molecule has 34 heavy (non-hydrogen) atoms. The number of piperidine rings is 1. The van der Waals surface area contributed by atoms with Crippen LogP contribution in [0.2, 0.25) is 5.02 Å². The molecule has 9 heteroatoms. The third kappa shape index (κ3) is 5.28. The molecule has 1 aromatic heterocycles. The lowest BCUT2D eigenvalue weighted by atomic mass is 9.82. The maximum absolute atomic E-state index is 12.8. The first kappa shape index (κ1) is 23.3. The molecule has 3 unspecified atom stereocenters. The topological polar surface area (TPSA) is 100 Å². The summed E-state index contributed by atoms with van der Waals surface area (Å²) in [6.45, 7) is 1.39. The number of likely N-dealkylation sites (tertiary alicyclic amines) is 1. The van der Waals surface area contributed by atoms with Gasteiger partial charge in [0.1, 0.15) is 0 Å². The highest BCUT2D eigenvalue weighted by atomic mass is 35.5. The van der Waals surface area contributed by atoms with Crippen molar-refractivity contribution in [3.63, 3.8) is 0 Å². The number of benzene rings is 1. The van der Waals surface area contributed by atoms with Crippen molar-refractivity contribution < 1.29 is 14.0 Å². The summed E-state index contributed by atoms with van der Waals surface area (Å²) in [6, 6.07) is 7.67.